The molecule has 0 spiro atoms. The van der Waals surface area contributed by atoms with Gasteiger partial charge in [-0.2, -0.15) is 0 Å². The van der Waals surface area contributed by atoms with Crippen LogP contribution in [0.15, 0.2) is 30.3 Å². The molecule has 0 N–H and O–H groups in total. The van der Waals surface area contributed by atoms with Gasteiger partial charge in [0.25, 0.3) is 8.32 Å². The molecule has 6 heteroatoms. The minimum Gasteiger partial charge on any atom is -0.541 e. The van der Waals surface area contributed by atoms with Crippen LogP contribution < -0.4 is 18.6 Å². The van der Waals surface area contributed by atoms with Crippen molar-refractivity contribution in [2.24, 2.45) is 0 Å². The Bertz CT molecular complexity index is 885. The molecule has 0 aliphatic heterocycles. The molecule has 0 unspecified atom stereocenters. The highest BCUT2D eigenvalue weighted by atomic mass is 28.4. The Balaban J connectivity index is 2.44. The van der Waals surface area contributed by atoms with E-state index in [1.807, 2.05) is 24.3 Å². The van der Waals surface area contributed by atoms with Crippen LogP contribution in [-0.2, 0) is 0 Å². The second-order valence-electron chi connectivity index (χ2n) is 8.34. The highest BCUT2D eigenvalue weighted by Crippen LogP contribution is 2.44. The van der Waals surface area contributed by atoms with Gasteiger partial charge in [0.1, 0.15) is 0 Å². The maximum absolute atomic E-state index is 13.9. The Hall–Kier alpha value is -2.47. The summed E-state index contributed by atoms with van der Waals surface area (Å²) >= 11 is 0. The monoisotopic (exact) mass is 418 g/mol. The van der Waals surface area contributed by atoms with Gasteiger partial charge in [-0.1, -0.05) is 39.0 Å². The van der Waals surface area contributed by atoms with Crippen molar-refractivity contribution in [2.75, 3.05) is 21.3 Å². The second-order valence-corrected chi connectivity index (χ2v) is 13.1. The predicted molar refractivity (Wildman–Crippen MR) is 119 cm³/mol. The highest BCUT2D eigenvalue weighted by molar-refractivity contribution is 6.74. The van der Waals surface area contributed by atoms with Crippen LogP contribution in [0.4, 0.5) is 4.39 Å². The molecule has 0 aliphatic carbocycles. The minimum atomic E-state index is -2.08. The number of hydrogen-bond donors (Lipinski definition) is 0. The molecule has 0 heterocycles. The topological polar surface area (TPSA) is 36.9 Å². The fraction of sp³-hybridized carbons (Fsp3) is 0.391. The molecule has 0 atom stereocenters. The van der Waals surface area contributed by atoms with Crippen molar-refractivity contribution in [3.63, 3.8) is 0 Å². The summed E-state index contributed by atoms with van der Waals surface area (Å²) in [5, 5.41) is 0.0394. The van der Waals surface area contributed by atoms with E-state index in [4.69, 9.17) is 18.6 Å². The lowest BCUT2D eigenvalue weighted by molar-refractivity contribution is 0.340. The molecule has 2 rings (SSSR count). The van der Waals surface area contributed by atoms with E-state index in [0.717, 1.165) is 11.1 Å². The maximum atomic E-state index is 13.9. The third-order valence-electron chi connectivity index (χ3n) is 5.28. The number of methoxy groups -OCH3 is 3. The van der Waals surface area contributed by atoms with Gasteiger partial charge in [-0.3, -0.25) is 0 Å². The van der Waals surface area contributed by atoms with Gasteiger partial charge in [-0.05, 0) is 53.5 Å². The van der Waals surface area contributed by atoms with Crippen molar-refractivity contribution in [1.82, 2.24) is 0 Å². The van der Waals surface area contributed by atoms with Crippen LogP contribution >= 0.6 is 0 Å². The first kappa shape index (κ1) is 22.8. The third kappa shape index (κ3) is 5.32. The predicted octanol–water partition coefficient (Wildman–Crippen LogP) is 6.41. The second kappa shape index (κ2) is 8.90. The normalized spacial score (nSPS) is 12.2. The van der Waals surface area contributed by atoms with E-state index >= 15 is 0 Å². The Morgan fingerprint density at radius 2 is 1.38 bits per heavy atom. The molecule has 2 aromatic rings. The molecule has 0 radical (unpaired) electrons. The van der Waals surface area contributed by atoms with Crippen molar-refractivity contribution in [1.29, 1.82) is 0 Å². The lowest BCUT2D eigenvalue weighted by atomic mass is 10.1. The number of benzene rings is 2. The first-order chi connectivity index (χ1) is 13.5. The zero-order valence-corrected chi connectivity index (χ0v) is 19.6. The summed E-state index contributed by atoms with van der Waals surface area (Å²) in [6, 6.07) is 8.64. The number of hydrogen-bond acceptors (Lipinski definition) is 4. The highest BCUT2D eigenvalue weighted by Gasteiger charge is 2.39. The molecule has 0 aromatic heterocycles. The summed E-state index contributed by atoms with van der Waals surface area (Å²) < 4.78 is 36.5. The third-order valence-corrected chi connectivity index (χ3v) is 9.63. The van der Waals surface area contributed by atoms with Gasteiger partial charge in [0.05, 0.1) is 21.3 Å². The molecule has 0 fully saturated rings. The average molecular weight is 419 g/mol. The molecule has 158 valence electrons. The van der Waals surface area contributed by atoms with Crippen molar-refractivity contribution in [2.45, 2.75) is 38.9 Å². The summed E-state index contributed by atoms with van der Waals surface area (Å²) in [5.41, 5.74) is 1.59. The van der Waals surface area contributed by atoms with Crippen LogP contribution in [0.25, 0.3) is 12.2 Å². The van der Waals surface area contributed by atoms with Crippen molar-refractivity contribution in [3.8, 4) is 23.0 Å². The summed E-state index contributed by atoms with van der Waals surface area (Å²) in [6.45, 7) is 10.9. The SMILES string of the molecule is COc1ccc(/C=C/c2cc(OC)c(OC)c(O[Si](C)(C)C(C)(C)C)c2)cc1F. The standard InChI is InChI=1S/C23H31FO4Si/c1-23(2,3)29(7,8)28-21-15-17(14-20(26-5)22(21)27-6)10-9-16-11-12-19(25-4)18(24)13-16/h9-15H,1-8H3/b10-9+. The van der Waals surface area contributed by atoms with Crippen LogP contribution in [-0.4, -0.2) is 29.6 Å². The Labute approximate surface area is 174 Å². The molecule has 0 amide bonds. The fourth-order valence-corrected chi connectivity index (χ4v) is 3.54. The first-order valence-corrected chi connectivity index (χ1v) is 12.4. The number of ether oxygens (including phenoxy) is 3. The lowest BCUT2D eigenvalue weighted by Gasteiger charge is -2.37. The van der Waals surface area contributed by atoms with Gasteiger partial charge in [0, 0.05) is 0 Å². The van der Waals surface area contributed by atoms with Gasteiger partial charge in [-0.25, -0.2) is 4.39 Å². The van der Waals surface area contributed by atoms with Gasteiger partial charge in [0.15, 0.2) is 23.1 Å². The molecule has 0 saturated heterocycles. The zero-order valence-electron chi connectivity index (χ0n) is 18.6. The van der Waals surface area contributed by atoms with E-state index in [2.05, 4.69) is 33.9 Å². The number of rotatable bonds is 7. The Morgan fingerprint density at radius 1 is 0.793 bits per heavy atom. The molecule has 0 aliphatic rings. The lowest BCUT2D eigenvalue weighted by Crippen LogP contribution is -2.43. The van der Waals surface area contributed by atoms with Gasteiger partial charge < -0.3 is 18.6 Å². The molecular weight excluding hydrogens is 387 g/mol. The molecular formula is C23H31FO4Si. The van der Waals surface area contributed by atoms with E-state index in [-0.39, 0.29) is 10.8 Å². The van der Waals surface area contributed by atoms with Gasteiger partial charge >= 0.3 is 0 Å². The summed E-state index contributed by atoms with van der Waals surface area (Å²) in [7, 11) is 2.57. The van der Waals surface area contributed by atoms with E-state index in [0.29, 0.717) is 17.2 Å². The van der Waals surface area contributed by atoms with E-state index in [1.54, 1.807) is 26.4 Å². The van der Waals surface area contributed by atoms with Crippen LogP contribution in [0.5, 0.6) is 23.0 Å². The van der Waals surface area contributed by atoms with E-state index < -0.39 is 14.1 Å². The minimum absolute atomic E-state index is 0.0394. The smallest absolute Gasteiger partial charge is 0.250 e. The molecule has 29 heavy (non-hydrogen) atoms. The molecule has 4 nitrogen and oxygen atoms in total. The summed E-state index contributed by atoms with van der Waals surface area (Å²) in [6.07, 6.45) is 3.72. The quantitative estimate of drug-likeness (QED) is 0.385. The molecule has 0 bridgehead atoms. The average Bonchev–Trinajstić information content (AvgIpc) is 2.64. The molecule has 0 saturated carbocycles. The van der Waals surface area contributed by atoms with E-state index in [9.17, 15) is 4.39 Å². The van der Waals surface area contributed by atoms with Crippen molar-refractivity contribution < 1.29 is 23.0 Å². The Morgan fingerprint density at radius 3 is 1.90 bits per heavy atom. The largest absolute Gasteiger partial charge is 0.541 e. The van der Waals surface area contributed by atoms with Crippen LogP contribution in [0.3, 0.4) is 0 Å². The maximum Gasteiger partial charge on any atom is 0.250 e. The first-order valence-electron chi connectivity index (χ1n) is 9.49. The van der Waals surface area contributed by atoms with Gasteiger partial charge in [0.2, 0.25) is 5.75 Å². The van der Waals surface area contributed by atoms with E-state index in [1.165, 1.54) is 13.2 Å². The van der Waals surface area contributed by atoms with Crippen molar-refractivity contribution in [3.05, 3.63) is 47.3 Å². The number of halogens is 1. The Kier molecular flexibility index (Phi) is 7.00. The van der Waals surface area contributed by atoms with Crippen LogP contribution in [0.1, 0.15) is 31.9 Å². The zero-order chi connectivity index (χ0) is 21.8. The molecule has 2 aromatic carbocycles. The summed E-state index contributed by atoms with van der Waals surface area (Å²) in [5.74, 6) is 1.63. The van der Waals surface area contributed by atoms with Crippen molar-refractivity contribution >= 4 is 20.5 Å². The fourth-order valence-electron chi connectivity index (χ4n) is 2.53. The van der Waals surface area contributed by atoms with Crippen LogP contribution in [0, 0.1) is 5.82 Å². The van der Waals surface area contributed by atoms with Gasteiger partial charge in [-0.15, -0.1) is 0 Å². The summed E-state index contributed by atoms with van der Waals surface area (Å²) in [4.78, 5) is 0. The van der Waals surface area contributed by atoms with Crippen LogP contribution in [0.2, 0.25) is 18.1 Å².